The lowest BCUT2D eigenvalue weighted by atomic mass is 10.1. The van der Waals surface area contributed by atoms with Gasteiger partial charge in [0.25, 0.3) is 5.91 Å². The monoisotopic (exact) mass is 281 g/mol. The average Bonchev–Trinajstić information content (AvgIpc) is 2.34. The van der Waals surface area contributed by atoms with Crippen LogP contribution in [0.5, 0.6) is 5.75 Å². The minimum absolute atomic E-state index is 0.186. The van der Waals surface area contributed by atoms with E-state index in [4.69, 9.17) is 16.3 Å². The van der Waals surface area contributed by atoms with Crippen LogP contribution in [0.2, 0.25) is 5.02 Å². The first-order chi connectivity index (χ1) is 8.85. The van der Waals surface area contributed by atoms with Crippen molar-refractivity contribution >= 4 is 23.6 Å². The van der Waals surface area contributed by atoms with Gasteiger partial charge in [0, 0.05) is 17.1 Å². The SMILES string of the molecule is CC(C)(O)CNC(=O)C1=Cc2cc(Cl)ccc2OC1. The van der Waals surface area contributed by atoms with Gasteiger partial charge in [-0.25, -0.2) is 0 Å². The van der Waals surface area contributed by atoms with Gasteiger partial charge in [-0.15, -0.1) is 0 Å². The summed E-state index contributed by atoms with van der Waals surface area (Å²) in [5, 5.41) is 12.8. The lowest BCUT2D eigenvalue weighted by Crippen LogP contribution is -2.39. The molecule has 1 heterocycles. The molecule has 0 unspecified atom stereocenters. The number of carbonyl (C=O) groups is 1. The van der Waals surface area contributed by atoms with E-state index in [0.717, 1.165) is 5.56 Å². The van der Waals surface area contributed by atoms with E-state index >= 15 is 0 Å². The Labute approximate surface area is 117 Å². The van der Waals surface area contributed by atoms with Crippen molar-refractivity contribution in [2.24, 2.45) is 0 Å². The predicted octanol–water partition coefficient (Wildman–Crippen LogP) is 2.00. The lowest BCUT2D eigenvalue weighted by molar-refractivity contribution is -0.118. The first kappa shape index (κ1) is 13.9. The molecule has 0 aromatic heterocycles. The largest absolute Gasteiger partial charge is 0.488 e. The number of ether oxygens (including phenoxy) is 1. The van der Waals surface area contributed by atoms with Gasteiger partial charge in [0.05, 0.1) is 11.2 Å². The van der Waals surface area contributed by atoms with Crippen molar-refractivity contribution in [1.82, 2.24) is 5.32 Å². The van der Waals surface area contributed by atoms with Crippen molar-refractivity contribution in [2.45, 2.75) is 19.4 Å². The number of carbonyl (C=O) groups excluding carboxylic acids is 1. The number of aliphatic hydroxyl groups is 1. The molecule has 1 aromatic rings. The van der Waals surface area contributed by atoms with Gasteiger partial charge >= 0.3 is 0 Å². The summed E-state index contributed by atoms with van der Waals surface area (Å²) in [6.07, 6.45) is 1.75. The summed E-state index contributed by atoms with van der Waals surface area (Å²) >= 11 is 5.91. The minimum atomic E-state index is -0.938. The van der Waals surface area contributed by atoms with Crippen molar-refractivity contribution in [3.05, 3.63) is 34.4 Å². The molecule has 2 rings (SSSR count). The maximum Gasteiger partial charge on any atom is 0.250 e. The van der Waals surface area contributed by atoms with Crippen molar-refractivity contribution in [2.75, 3.05) is 13.2 Å². The third-order valence-corrected chi connectivity index (χ3v) is 2.89. The molecule has 0 bridgehead atoms. The number of rotatable bonds is 3. The predicted molar refractivity (Wildman–Crippen MR) is 74.2 cm³/mol. The quantitative estimate of drug-likeness (QED) is 0.891. The van der Waals surface area contributed by atoms with Crippen molar-refractivity contribution in [3.8, 4) is 5.75 Å². The van der Waals surface area contributed by atoms with E-state index in [1.54, 1.807) is 38.1 Å². The van der Waals surface area contributed by atoms with Gasteiger partial charge in [-0.1, -0.05) is 11.6 Å². The summed E-state index contributed by atoms with van der Waals surface area (Å²) in [5.41, 5.74) is 0.360. The van der Waals surface area contributed by atoms with Crippen LogP contribution in [0.4, 0.5) is 0 Å². The topological polar surface area (TPSA) is 58.6 Å². The van der Waals surface area contributed by atoms with Gasteiger partial charge in [-0.05, 0) is 38.1 Å². The Balaban J connectivity index is 2.12. The molecule has 1 amide bonds. The number of fused-ring (bicyclic) bond motifs is 1. The zero-order valence-electron chi connectivity index (χ0n) is 10.9. The van der Waals surface area contributed by atoms with E-state index in [1.807, 2.05) is 0 Å². The molecule has 2 N–H and O–H groups in total. The number of nitrogens with one attached hydrogen (secondary N) is 1. The average molecular weight is 282 g/mol. The molecule has 0 radical (unpaired) electrons. The van der Waals surface area contributed by atoms with E-state index in [-0.39, 0.29) is 19.1 Å². The second-order valence-electron chi connectivity index (χ2n) is 5.14. The van der Waals surface area contributed by atoms with Crippen LogP contribution in [0.25, 0.3) is 6.08 Å². The number of hydrogen-bond acceptors (Lipinski definition) is 3. The molecule has 0 aliphatic carbocycles. The normalized spacial score (nSPS) is 14.2. The van der Waals surface area contributed by atoms with Crippen molar-refractivity contribution < 1.29 is 14.6 Å². The van der Waals surface area contributed by atoms with Crippen molar-refractivity contribution in [3.63, 3.8) is 0 Å². The highest BCUT2D eigenvalue weighted by atomic mass is 35.5. The summed E-state index contributed by atoms with van der Waals surface area (Å²) < 4.78 is 5.49. The molecule has 0 spiro atoms. The van der Waals surface area contributed by atoms with E-state index in [2.05, 4.69) is 5.32 Å². The van der Waals surface area contributed by atoms with Gasteiger partial charge in [0.1, 0.15) is 12.4 Å². The molecule has 1 aliphatic rings. The van der Waals surface area contributed by atoms with E-state index in [9.17, 15) is 9.90 Å². The first-order valence-electron chi connectivity index (χ1n) is 5.99. The fraction of sp³-hybridized carbons (Fsp3) is 0.357. The zero-order chi connectivity index (χ0) is 14.0. The maximum absolute atomic E-state index is 11.9. The van der Waals surface area contributed by atoms with E-state index < -0.39 is 5.60 Å². The highest BCUT2D eigenvalue weighted by Crippen LogP contribution is 2.28. The Morgan fingerprint density at radius 3 is 2.95 bits per heavy atom. The minimum Gasteiger partial charge on any atom is -0.488 e. The fourth-order valence-electron chi connectivity index (χ4n) is 1.69. The Morgan fingerprint density at radius 1 is 1.53 bits per heavy atom. The van der Waals surface area contributed by atoms with Crippen LogP contribution in [0.1, 0.15) is 19.4 Å². The fourth-order valence-corrected chi connectivity index (χ4v) is 1.87. The number of halogens is 1. The highest BCUT2D eigenvalue weighted by Gasteiger charge is 2.20. The smallest absolute Gasteiger partial charge is 0.250 e. The van der Waals surface area contributed by atoms with Crippen LogP contribution in [-0.2, 0) is 4.79 Å². The Kier molecular flexibility index (Phi) is 3.83. The van der Waals surface area contributed by atoms with Crippen LogP contribution in [0.15, 0.2) is 23.8 Å². The molecule has 1 aromatic carbocycles. The lowest BCUT2D eigenvalue weighted by Gasteiger charge is -2.21. The Bertz CT molecular complexity index is 532. The summed E-state index contributed by atoms with van der Waals surface area (Å²) in [7, 11) is 0. The molecule has 0 saturated carbocycles. The van der Waals surface area contributed by atoms with Gasteiger partial charge in [-0.3, -0.25) is 4.79 Å². The summed E-state index contributed by atoms with van der Waals surface area (Å²) in [5.74, 6) is 0.469. The van der Waals surface area contributed by atoms with E-state index in [0.29, 0.717) is 16.3 Å². The molecular formula is C14H16ClNO3. The van der Waals surface area contributed by atoms with Crippen LogP contribution < -0.4 is 10.1 Å². The molecular weight excluding hydrogens is 266 g/mol. The number of hydrogen-bond donors (Lipinski definition) is 2. The van der Waals surface area contributed by atoms with Gasteiger partial charge in [0.15, 0.2) is 0 Å². The Morgan fingerprint density at radius 2 is 2.26 bits per heavy atom. The molecule has 0 fully saturated rings. The standard InChI is InChI=1S/C14H16ClNO3/c1-14(2,18)8-16-13(17)10-5-9-6-11(15)3-4-12(9)19-7-10/h3-6,18H,7-8H2,1-2H3,(H,16,17). The van der Waals surface area contributed by atoms with Crippen LogP contribution in [0, 0.1) is 0 Å². The summed E-state index contributed by atoms with van der Waals surface area (Å²) in [6, 6.07) is 5.27. The van der Waals surface area contributed by atoms with Gasteiger partial charge in [-0.2, -0.15) is 0 Å². The molecule has 0 atom stereocenters. The number of benzene rings is 1. The van der Waals surface area contributed by atoms with Crippen LogP contribution in [-0.4, -0.2) is 29.8 Å². The molecule has 19 heavy (non-hydrogen) atoms. The van der Waals surface area contributed by atoms with Gasteiger partial charge in [0.2, 0.25) is 0 Å². The Hall–Kier alpha value is -1.52. The number of amides is 1. The van der Waals surface area contributed by atoms with Crippen LogP contribution in [0.3, 0.4) is 0 Å². The van der Waals surface area contributed by atoms with Gasteiger partial charge < -0.3 is 15.2 Å². The third-order valence-electron chi connectivity index (χ3n) is 2.66. The zero-order valence-corrected chi connectivity index (χ0v) is 11.6. The summed E-state index contributed by atoms with van der Waals surface area (Å²) in [4.78, 5) is 11.9. The van der Waals surface area contributed by atoms with Crippen LogP contribution >= 0.6 is 11.6 Å². The second-order valence-corrected chi connectivity index (χ2v) is 5.57. The molecule has 0 saturated heterocycles. The molecule has 4 nitrogen and oxygen atoms in total. The molecule has 1 aliphatic heterocycles. The third kappa shape index (κ3) is 3.72. The first-order valence-corrected chi connectivity index (χ1v) is 6.36. The molecule has 5 heteroatoms. The summed E-state index contributed by atoms with van der Waals surface area (Å²) in [6.45, 7) is 3.67. The maximum atomic E-state index is 11.9. The van der Waals surface area contributed by atoms with E-state index in [1.165, 1.54) is 0 Å². The molecule has 102 valence electrons. The van der Waals surface area contributed by atoms with Crippen molar-refractivity contribution in [1.29, 1.82) is 0 Å². The highest BCUT2D eigenvalue weighted by molar-refractivity contribution is 6.30. The second kappa shape index (κ2) is 5.23.